The quantitative estimate of drug-likeness (QED) is 0.906. The molecule has 1 saturated carbocycles. The van der Waals surface area contributed by atoms with E-state index in [1.807, 2.05) is 12.1 Å². The van der Waals surface area contributed by atoms with Crippen LogP contribution in [0.15, 0.2) is 34.1 Å². The average molecular weight is 337 g/mol. The summed E-state index contributed by atoms with van der Waals surface area (Å²) in [7, 11) is 0. The van der Waals surface area contributed by atoms with Gasteiger partial charge in [-0.25, -0.2) is 4.98 Å². The molecule has 0 unspecified atom stereocenters. The lowest BCUT2D eigenvalue weighted by molar-refractivity contribution is 0.145. The van der Waals surface area contributed by atoms with Gasteiger partial charge in [0, 0.05) is 21.8 Å². The first-order chi connectivity index (χ1) is 9.22. The molecule has 0 atom stereocenters. The lowest BCUT2D eigenvalue weighted by Crippen LogP contribution is -2.39. The van der Waals surface area contributed by atoms with Gasteiger partial charge in [-0.1, -0.05) is 40.5 Å². The van der Waals surface area contributed by atoms with Gasteiger partial charge in [-0.15, -0.1) is 11.3 Å². The zero-order valence-corrected chi connectivity index (χ0v) is 13.1. The smallest absolute Gasteiger partial charge is 0.0938 e. The maximum absolute atomic E-state index is 5.93. The van der Waals surface area contributed by atoms with Crippen molar-refractivity contribution in [1.82, 2.24) is 4.98 Å². The summed E-state index contributed by atoms with van der Waals surface area (Å²) in [5.41, 5.74) is 8.50. The van der Waals surface area contributed by atoms with Crippen LogP contribution in [-0.4, -0.2) is 11.5 Å². The highest BCUT2D eigenvalue weighted by atomic mass is 79.9. The Labute approximate surface area is 126 Å². The van der Waals surface area contributed by atoms with Crippen molar-refractivity contribution < 1.29 is 0 Å². The van der Waals surface area contributed by atoms with E-state index in [4.69, 9.17) is 10.7 Å². The molecular formula is C15H17BrN2S. The van der Waals surface area contributed by atoms with Crippen LogP contribution in [-0.2, 0) is 6.42 Å². The van der Waals surface area contributed by atoms with Gasteiger partial charge in [0.2, 0.25) is 0 Å². The summed E-state index contributed by atoms with van der Waals surface area (Å²) < 4.78 is 1.10. The molecule has 2 nitrogen and oxygen atoms in total. The van der Waals surface area contributed by atoms with Gasteiger partial charge in [0.05, 0.1) is 10.7 Å². The van der Waals surface area contributed by atoms with Crippen molar-refractivity contribution in [2.45, 2.75) is 25.7 Å². The summed E-state index contributed by atoms with van der Waals surface area (Å²) in [5.74, 6) is 0. The Morgan fingerprint density at radius 2 is 2.11 bits per heavy atom. The van der Waals surface area contributed by atoms with Crippen molar-refractivity contribution >= 4 is 27.3 Å². The van der Waals surface area contributed by atoms with Crippen molar-refractivity contribution in [1.29, 1.82) is 0 Å². The lowest BCUT2D eigenvalue weighted by Gasteiger charge is -2.40. The molecule has 1 aliphatic rings. The van der Waals surface area contributed by atoms with Crippen LogP contribution < -0.4 is 5.73 Å². The largest absolute Gasteiger partial charge is 0.330 e. The Morgan fingerprint density at radius 3 is 2.74 bits per heavy atom. The molecule has 100 valence electrons. The molecule has 1 aromatic carbocycles. The van der Waals surface area contributed by atoms with Crippen molar-refractivity contribution in [2.24, 2.45) is 11.1 Å². The van der Waals surface area contributed by atoms with E-state index >= 15 is 0 Å². The molecule has 0 saturated heterocycles. The second-order valence-electron chi connectivity index (χ2n) is 5.34. The molecule has 2 N–H and O–H groups in total. The van der Waals surface area contributed by atoms with Crippen LogP contribution in [0.25, 0.3) is 11.3 Å². The van der Waals surface area contributed by atoms with Gasteiger partial charge >= 0.3 is 0 Å². The van der Waals surface area contributed by atoms with Gasteiger partial charge in [0.1, 0.15) is 0 Å². The van der Waals surface area contributed by atoms with Gasteiger partial charge in [0.15, 0.2) is 0 Å². The third-order valence-corrected chi connectivity index (χ3v) is 5.62. The van der Waals surface area contributed by atoms with Crippen LogP contribution in [0.5, 0.6) is 0 Å². The minimum absolute atomic E-state index is 0.336. The standard InChI is InChI=1S/C15H17BrN2S/c16-12-5-2-1-4-11(12)13-9-19-14(18-13)8-15(10-17)6-3-7-15/h1-2,4-5,9H,3,6-8,10,17H2. The molecule has 1 aromatic heterocycles. The highest BCUT2D eigenvalue weighted by molar-refractivity contribution is 9.10. The number of hydrogen-bond acceptors (Lipinski definition) is 3. The van der Waals surface area contributed by atoms with Crippen molar-refractivity contribution in [3.8, 4) is 11.3 Å². The maximum Gasteiger partial charge on any atom is 0.0938 e. The van der Waals surface area contributed by atoms with E-state index in [2.05, 4.69) is 33.4 Å². The van der Waals surface area contributed by atoms with Crippen molar-refractivity contribution in [2.75, 3.05) is 6.54 Å². The molecule has 0 spiro atoms. The monoisotopic (exact) mass is 336 g/mol. The number of halogens is 1. The van der Waals surface area contributed by atoms with Crippen LogP contribution >= 0.6 is 27.3 Å². The second-order valence-corrected chi connectivity index (χ2v) is 7.14. The molecule has 2 aromatic rings. The first-order valence-electron chi connectivity index (χ1n) is 6.62. The maximum atomic E-state index is 5.93. The van der Waals surface area contributed by atoms with E-state index in [1.54, 1.807) is 11.3 Å². The summed E-state index contributed by atoms with van der Waals surface area (Å²) in [6.45, 7) is 0.789. The highest BCUT2D eigenvalue weighted by Crippen LogP contribution is 2.43. The van der Waals surface area contributed by atoms with E-state index in [-0.39, 0.29) is 0 Å². The Balaban J connectivity index is 1.82. The molecule has 1 aliphatic carbocycles. The molecule has 0 bridgehead atoms. The van der Waals surface area contributed by atoms with E-state index in [0.717, 1.165) is 23.1 Å². The Bertz CT molecular complexity index is 570. The molecule has 1 fully saturated rings. The Hall–Kier alpha value is -0.710. The number of thiazole rings is 1. The van der Waals surface area contributed by atoms with Crippen LogP contribution in [0, 0.1) is 5.41 Å². The average Bonchev–Trinajstić information content (AvgIpc) is 2.83. The summed E-state index contributed by atoms with van der Waals surface area (Å²) in [4.78, 5) is 4.79. The van der Waals surface area contributed by atoms with Crippen LogP contribution in [0.1, 0.15) is 24.3 Å². The van der Waals surface area contributed by atoms with Crippen LogP contribution in [0.2, 0.25) is 0 Å². The fraction of sp³-hybridized carbons (Fsp3) is 0.400. The SMILES string of the molecule is NCC1(Cc2nc(-c3ccccc3Br)cs2)CCC1. The van der Waals surface area contributed by atoms with Gasteiger partial charge in [-0.3, -0.25) is 0 Å². The Kier molecular flexibility index (Phi) is 3.74. The van der Waals surface area contributed by atoms with E-state index in [1.165, 1.54) is 29.8 Å². The number of aromatic nitrogens is 1. The van der Waals surface area contributed by atoms with E-state index in [0.29, 0.717) is 5.41 Å². The minimum Gasteiger partial charge on any atom is -0.330 e. The molecule has 3 rings (SSSR count). The van der Waals surface area contributed by atoms with Crippen LogP contribution in [0.3, 0.4) is 0 Å². The fourth-order valence-electron chi connectivity index (χ4n) is 2.64. The normalized spacial score (nSPS) is 17.2. The molecular weight excluding hydrogens is 320 g/mol. The van der Waals surface area contributed by atoms with E-state index < -0.39 is 0 Å². The van der Waals surface area contributed by atoms with Gasteiger partial charge in [-0.2, -0.15) is 0 Å². The number of benzene rings is 1. The fourth-order valence-corrected chi connectivity index (χ4v) is 4.09. The molecule has 19 heavy (non-hydrogen) atoms. The first-order valence-corrected chi connectivity index (χ1v) is 8.29. The second kappa shape index (κ2) is 5.35. The third-order valence-electron chi connectivity index (χ3n) is 4.08. The van der Waals surface area contributed by atoms with Gasteiger partial charge in [0.25, 0.3) is 0 Å². The molecule has 0 aliphatic heterocycles. The predicted molar refractivity (Wildman–Crippen MR) is 84.3 cm³/mol. The summed E-state index contributed by atoms with van der Waals surface area (Å²) >= 11 is 5.34. The molecule has 1 heterocycles. The zero-order chi connectivity index (χ0) is 13.3. The summed E-state index contributed by atoms with van der Waals surface area (Å²) in [6.07, 6.45) is 4.87. The summed E-state index contributed by atoms with van der Waals surface area (Å²) in [6, 6.07) is 8.23. The van der Waals surface area contributed by atoms with E-state index in [9.17, 15) is 0 Å². The Morgan fingerprint density at radius 1 is 1.32 bits per heavy atom. The van der Waals surface area contributed by atoms with Gasteiger partial charge in [-0.05, 0) is 30.9 Å². The van der Waals surface area contributed by atoms with Crippen molar-refractivity contribution in [3.63, 3.8) is 0 Å². The summed E-state index contributed by atoms with van der Waals surface area (Å²) in [5, 5.41) is 3.37. The van der Waals surface area contributed by atoms with Crippen LogP contribution in [0.4, 0.5) is 0 Å². The number of nitrogens with two attached hydrogens (primary N) is 1. The third kappa shape index (κ3) is 2.62. The molecule has 0 radical (unpaired) electrons. The zero-order valence-electron chi connectivity index (χ0n) is 10.7. The number of hydrogen-bond donors (Lipinski definition) is 1. The first kappa shape index (κ1) is 13.3. The minimum atomic E-state index is 0.336. The predicted octanol–water partition coefficient (Wildman–Crippen LogP) is 4.24. The lowest BCUT2D eigenvalue weighted by atomic mass is 9.67. The highest BCUT2D eigenvalue weighted by Gasteiger charge is 2.36. The van der Waals surface area contributed by atoms with Gasteiger partial charge < -0.3 is 5.73 Å². The number of rotatable bonds is 4. The topological polar surface area (TPSA) is 38.9 Å². The molecule has 4 heteroatoms. The number of nitrogens with zero attached hydrogens (tertiary/aromatic N) is 1. The molecule has 0 amide bonds. The van der Waals surface area contributed by atoms with Crippen molar-refractivity contribution in [3.05, 3.63) is 39.1 Å².